The summed E-state index contributed by atoms with van der Waals surface area (Å²) in [5, 5.41) is 12.3. The lowest BCUT2D eigenvalue weighted by atomic mass is 10.1. The van der Waals surface area contributed by atoms with E-state index in [4.69, 9.17) is 0 Å². The van der Waals surface area contributed by atoms with Crippen molar-refractivity contribution in [2.75, 3.05) is 16.8 Å². The molecule has 6 heteroatoms. The smallest absolute Gasteiger partial charge is 0.277 e. The zero-order chi connectivity index (χ0) is 16.7. The molecular formula is C18H16N4O2. The molecule has 6 nitrogen and oxygen atoms in total. The van der Waals surface area contributed by atoms with Crippen LogP contribution < -0.4 is 10.2 Å². The van der Waals surface area contributed by atoms with E-state index in [0.717, 1.165) is 25.0 Å². The number of nitrogens with zero attached hydrogens (tertiary/aromatic N) is 3. The van der Waals surface area contributed by atoms with Crippen molar-refractivity contribution in [1.29, 1.82) is 5.26 Å². The molecule has 0 aliphatic carbocycles. The number of anilines is 2. The fourth-order valence-electron chi connectivity index (χ4n) is 3.54. The molecule has 0 unspecified atom stereocenters. The molecule has 0 saturated heterocycles. The number of benzene rings is 1. The number of carbonyl (C=O) groups is 2. The van der Waals surface area contributed by atoms with Gasteiger partial charge in [-0.2, -0.15) is 5.26 Å². The van der Waals surface area contributed by atoms with E-state index >= 15 is 0 Å². The quantitative estimate of drug-likeness (QED) is 0.875. The molecule has 1 aromatic carbocycles. The summed E-state index contributed by atoms with van der Waals surface area (Å²) in [4.78, 5) is 27.0. The number of fused-ring (bicyclic) bond motifs is 3. The van der Waals surface area contributed by atoms with Gasteiger partial charge in [-0.05, 0) is 31.4 Å². The number of para-hydroxylation sites is 1. The molecule has 2 aliphatic heterocycles. The molecule has 24 heavy (non-hydrogen) atoms. The monoisotopic (exact) mass is 320 g/mol. The summed E-state index contributed by atoms with van der Waals surface area (Å²) in [7, 11) is 0. The minimum absolute atomic E-state index is 0.0578. The average Bonchev–Trinajstić information content (AvgIpc) is 2.85. The number of carbonyl (C=O) groups excluding carboxylic acids is 2. The van der Waals surface area contributed by atoms with Crippen LogP contribution in [0.1, 0.15) is 34.6 Å². The number of nitriles is 1. The van der Waals surface area contributed by atoms with E-state index in [1.807, 2.05) is 22.8 Å². The van der Waals surface area contributed by atoms with Gasteiger partial charge in [0, 0.05) is 17.9 Å². The van der Waals surface area contributed by atoms with Gasteiger partial charge in [-0.1, -0.05) is 18.2 Å². The summed E-state index contributed by atoms with van der Waals surface area (Å²) < 4.78 is 1.92. The van der Waals surface area contributed by atoms with Crippen LogP contribution in [0.3, 0.4) is 0 Å². The number of nitrogens with one attached hydrogen (secondary N) is 1. The van der Waals surface area contributed by atoms with Crippen LogP contribution in [0.15, 0.2) is 30.3 Å². The van der Waals surface area contributed by atoms with Crippen LogP contribution in [0.4, 0.5) is 11.4 Å². The Bertz CT molecular complexity index is 877. The Morgan fingerprint density at radius 1 is 1.12 bits per heavy atom. The third-order valence-corrected chi connectivity index (χ3v) is 4.61. The van der Waals surface area contributed by atoms with Crippen molar-refractivity contribution in [2.45, 2.75) is 25.8 Å². The molecule has 0 atom stereocenters. The molecule has 2 aromatic rings. The predicted octanol–water partition coefficient (Wildman–Crippen LogP) is 2.29. The Hall–Kier alpha value is -3.07. The second-order valence-corrected chi connectivity index (χ2v) is 6.04. The Labute approximate surface area is 139 Å². The Morgan fingerprint density at radius 3 is 2.67 bits per heavy atom. The SMILES string of the molecule is N#Cc1c2c(n3c1CCCC3)C(=O)N(c1ccccc1)CC(=O)N2. The van der Waals surface area contributed by atoms with Crippen molar-refractivity contribution in [3.8, 4) is 6.07 Å². The fraction of sp³-hybridized carbons (Fsp3) is 0.278. The van der Waals surface area contributed by atoms with Crippen molar-refractivity contribution in [3.05, 3.63) is 47.3 Å². The van der Waals surface area contributed by atoms with E-state index < -0.39 is 0 Å². The molecule has 3 heterocycles. The van der Waals surface area contributed by atoms with Crippen LogP contribution in [0, 0.1) is 11.3 Å². The van der Waals surface area contributed by atoms with E-state index in [1.165, 1.54) is 4.90 Å². The molecule has 1 N–H and O–H groups in total. The van der Waals surface area contributed by atoms with Crippen molar-refractivity contribution < 1.29 is 9.59 Å². The first-order valence-corrected chi connectivity index (χ1v) is 8.03. The maximum Gasteiger partial charge on any atom is 0.277 e. The summed E-state index contributed by atoms with van der Waals surface area (Å²) in [5.74, 6) is -0.524. The van der Waals surface area contributed by atoms with Gasteiger partial charge in [0.05, 0.1) is 11.3 Å². The number of amides is 2. The Kier molecular flexibility index (Phi) is 3.35. The van der Waals surface area contributed by atoms with Gasteiger partial charge in [0.15, 0.2) is 0 Å². The lowest BCUT2D eigenvalue weighted by Crippen LogP contribution is -2.36. The third kappa shape index (κ3) is 2.09. The fourth-order valence-corrected chi connectivity index (χ4v) is 3.54. The number of rotatable bonds is 1. The van der Waals surface area contributed by atoms with Crippen molar-refractivity contribution in [1.82, 2.24) is 4.57 Å². The maximum atomic E-state index is 13.2. The van der Waals surface area contributed by atoms with Gasteiger partial charge in [0.2, 0.25) is 5.91 Å². The first kappa shape index (κ1) is 14.5. The van der Waals surface area contributed by atoms with Gasteiger partial charge >= 0.3 is 0 Å². The van der Waals surface area contributed by atoms with Gasteiger partial charge in [0.1, 0.15) is 18.3 Å². The molecule has 2 amide bonds. The second-order valence-electron chi connectivity index (χ2n) is 6.04. The Morgan fingerprint density at radius 2 is 1.92 bits per heavy atom. The van der Waals surface area contributed by atoms with Gasteiger partial charge in [-0.3, -0.25) is 14.5 Å². The van der Waals surface area contributed by atoms with Crippen LogP contribution in [0.2, 0.25) is 0 Å². The normalized spacial score (nSPS) is 16.7. The van der Waals surface area contributed by atoms with Crippen molar-refractivity contribution >= 4 is 23.2 Å². The number of hydrogen-bond acceptors (Lipinski definition) is 3. The molecule has 0 saturated carbocycles. The second kappa shape index (κ2) is 5.53. The molecule has 0 bridgehead atoms. The highest BCUT2D eigenvalue weighted by molar-refractivity contribution is 6.17. The van der Waals surface area contributed by atoms with Crippen LogP contribution in [0.25, 0.3) is 0 Å². The van der Waals surface area contributed by atoms with Gasteiger partial charge < -0.3 is 9.88 Å². The lowest BCUT2D eigenvalue weighted by Gasteiger charge is -2.22. The molecule has 2 aliphatic rings. The van der Waals surface area contributed by atoms with Gasteiger partial charge in [-0.15, -0.1) is 0 Å². The van der Waals surface area contributed by atoms with Gasteiger partial charge in [-0.25, -0.2) is 0 Å². The molecule has 0 fully saturated rings. The minimum atomic E-state index is -0.287. The first-order valence-electron chi connectivity index (χ1n) is 8.03. The lowest BCUT2D eigenvalue weighted by molar-refractivity contribution is -0.114. The summed E-state index contributed by atoms with van der Waals surface area (Å²) in [5.41, 5.74) is 2.77. The van der Waals surface area contributed by atoms with E-state index in [-0.39, 0.29) is 18.4 Å². The summed E-state index contributed by atoms with van der Waals surface area (Å²) >= 11 is 0. The molecule has 0 spiro atoms. The topological polar surface area (TPSA) is 78.1 Å². The average molecular weight is 320 g/mol. The third-order valence-electron chi connectivity index (χ3n) is 4.61. The highest BCUT2D eigenvalue weighted by atomic mass is 16.2. The van der Waals surface area contributed by atoms with E-state index in [1.54, 1.807) is 12.1 Å². The maximum absolute atomic E-state index is 13.2. The van der Waals surface area contributed by atoms with Crippen molar-refractivity contribution in [3.63, 3.8) is 0 Å². The minimum Gasteiger partial charge on any atom is -0.338 e. The zero-order valence-corrected chi connectivity index (χ0v) is 13.1. The van der Waals surface area contributed by atoms with E-state index in [2.05, 4.69) is 11.4 Å². The standard InChI is InChI=1S/C18H16N4O2/c19-10-13-14-8-4-5-9-21(14)17-16(13)20-15(23)11-22(18(17)24)12-6-2-1-3-7-12/h1-3,6-7H,4-5,8-9,11H2,(H,20,23). The zero-order valence-electron chi connectivity index (χ0n) is 13.1. The summed E-state index contributed by atoms with van der Waals surface area (Å²) in [6.07, 6.45) is 2.71. The molecular weight excluding hydrogens is 304 g/mol. The largest absolute Gasteiger partial charge is 0.338 e. The number of aromatic nitrogens is 1. The van der Waals surface area contributed by atoms with Crippen LogP contribution in [-0.4, -0.2) is 22.9 Å². The van der Waals surface area contributed by atoms with Crippen LogP contribution in [-0.2, 0) is 17.8 Å². The van der Waals surface area contributed by atoms with Crippen LogP contribution >= 0.6 is 0 Å². The summed E-state index contributed by atoms with van der Waals surface area (Å²) in [6, 6.07) is 11.3. The Balaban J connectivity index is 1.91. The van der Waals surface area contributed by atoms with Gasteiger partial charge in [0.25, 0.3) is 5.91 Å². The summed E-state index contributed by atoms with van der Waals surface area (Å²) in [6.45, 7) is 0.640. The molecule has 0 radical (unpaired) electrons. The molecule has 4 rings (SSSR count). The van der Waals surface area contributed by atoms with Crippen molar-refractivity contribution in [2.24, 2.45) is 0 Å². The van der Waals surface area contributed by atoms with E-state index in [0.29, 0.717) is 29.2 Å². The molecule has 1 aromatic heterocycles. The highest BCUT2D eigenvalue weighted by Crippen LogP contribution is 2.35. The molecule has 120 valence electrons. The predicted molar refractivity (Wildman–Crippen MR) is 88.8 cm³/mol. The van der Waals surface area contributed by atoms with Crippen LogP contribution in [0.5, 0.6) is 0 Å². The number of hydrogen-bond donors (Lipinski definition) is 1. The highest BCUT2D eigenvalue weighted by Gasteiger charge is 2.35. The first-order chi connectivity index (χ1) is 11.7. The van der Waals surface area contributed by atoms with E-state index in [9.17, 15) is 14.9 Å².